The standard InChI is InChI=1S/C9H20O5/c1-2-3-5-13-9(8(12)7-11)14-6-4-10/h8-12H,2-7H2,1H3/t8?,9-/m1/s1. The first-order chi connectivity index (χ1) is 6.76. The Bertz CT molecular complexity index is 120. The van der Waals surface area contributed by atoms with Crippen molar-refractivity contribution in [3.05, 3.63) is 0 Å². The molecule has 0 aliphatic carbocycles. The van der Waals surface area contributed by atoms with Gasteiger partial charge in [0.2, 0.25) is 0 Å². The normalized spacial score (nSPS) is 15.4. The predicted molar refractivity (Wildman–Crippen MR) is 50.8 cm³/mol. The zero-order chi connectivity index (χ0) is 10.8. The summed E-state index contributed by atoms with van der Waals surface area (Å²) in [6.45, 7) is 2.04. The number of hydrogen-bond acceptors (Lipinski definition) is 5. The second-order valence-electron chi connectivity index (χ2n) is 2.94. The number of hydrogen-bond donors (Lipinski definition) is 3. The Morgan fingerprint density at radius 3 is 2.29 bits per heavy atom. The minimum atomic E-state index is -1.06. The van der Waals surface area contributed by atoms with Crippen molar-refractivity contribution in [2.24, 2.45) is 0 Å². The maximum atomic E-state index is 9.26. The van der Waals surface area contributed by atoms with Gasteiger partial charge >= 0.3 is 0 Å². The average Bonchev–Trinajstić information content (AvgIpc) is 2.22. The van der Waals surface area contributed by atoms with Gasteiger partial charge in [-0.3, -0.25) is 0 Å². The monoisotopic (exact) mass is 208 g/mol. The molecule has 0 aromatic rings. The number of aliphatic hydroxyl groups excluding tert-OH is 3. The summed E-state index contributed by atoms with van der Waals surface area (Å²) in [4.78, 5) is 0. The molecule has 0 rings (SSSR count). The van der Waals surface area contributed by atoms with Crippen molar-refractivity contribution >= 4 is 0 Å². The molecule has 14 heavy (non-hydrogen) atoms. The highest BCUT2D eigenvalue weighted by atomic mass is 16.7. The predicted octanol–water partition coefficient (Wildman–Crippen LogP) is -0.509. The van der Waals surface area contributed by atoms with E-state index in [9.17, 15) is 5.11 Å². The molecule has 0 amide bonds. The van der Waals surface area contributed by atoms with Gasteiger partial charge in [0.15, 0.2) is 6.29 Å². The first kappa shape index (κ1) is 13.8. The molecule has 5 nitrogen and oxygen atoms in total. The van der Waals surface area contributed by atoms with E-state index >= 15 is 0 Å². The summed E-state index contributed by atoms with van der Waals surface area (Å²) in [5, 5.41) is 26.5. The van der Waals surface area contributed by atoms with Gasteiger partial charge in [0.25, 0.3) is 0 Å². The molecule has 1 unspecified atom stereocenters. The van der Waals surface area contributed by atoms with Gasteiger partial charge in [-0.1, -0.05) is 13.3 Å². The molecule has 2 atom stereocenters. The fourth-order valence-electron chi connectivity index (χ4n) is 0.869. The van der Waals surface area contributed by atoms with E-state index in [0.29, 0.717) is 6.61 Å². The summed E-state index contributed by atoms with van der Waals surface area (Å²) in [6.07, 6.45) is -0.0453. The molecule has 0 bridgehead atoms. The van der Waals surface area contributed by atoms with Crippen LogP contribution in [-0.4, -0.2) is 54.1 Å². The maximum absolute atomic E-state index is 9.26. The van der Waals surface area contributed by atoms with Crippen molar-refractivity contribution in [2.45, 2.75) is 32.2 Å². The Kier molecular flexibility index (Phi) is 9.23. The maximum Gasteiger partial charge on any atom is 0.185 e. The molecular weight excluding hydrogens is 188 g/mol. The molecule has 0 saturated carbocycles. The third-order valence-electron chi connectivity index (χ3n) is 1.65. The zero-order valence-electron chi connectivity index (χ0n) is 8.56. The quantitative estimate of drug-likeness (QED) is 0.351. The molecule has 0 aliphatic rings. The lowest BCUT2D eigenvalue weighted by Crippen LogP contribution is -2.35. The van der Waals surface area contributed by atoms with Crippen molar-refractivity contribution in [1.82, 2.24) is 0 Å². The van der Waals surface area contributed by atoms with Crippen LogP contribution in [0.5, 0.6) is 0 Å². The van der Waals surface area contributed by atoms with E-state index < -0.39 is 19.0 Å². The minimum Gasteiger partial charge on any atom is -0.394 e. The van der Waals surface area contributed by atoms with Crippen LogP contribution < -0.4 is 0 Å². The second kappa shape index (κ2) is 9.36. The van der Waals surface area contributed by atoms with Crippen molar-refractivity contribution in [1.29, 1.82) is 0 Å². The number of ether oxygens (including phenoxy) is 2. The lowest BCUT2D eigenvalue weighted by molar-refractivity contribution is -0.204. The highest BCUT2D eigenvalue weighted by molar-refractivity contribution is 4.58. The summed E-state index contributed by atoms with van der Waals surface area (Å²) < 4.78 is 10.2. The van der Waals surface area contributed by atoms with E-state index in [1.54, 1.807) is 0 Å². The summed E-state index contributed by atoms with van der Waals surface area (Å²) in [5.74, 6) is 0. The summed E-state index contributed by atoms with van der Waals surface area (Å²) >= 11 is 0. The second-order valence-corrected chi connectivity index (χ2v) is 2.94. The van der Waals surface area contributed by atoms with Gasteiger partial charge in [0.1, 0.15) is 6.10 Å². The van der Waals surface area contributed by atoms with Crippen molar-refractivity contribution in [2.75, 3.05) is 26.4 Å². The van der Waals surface area contributed by atoms with E-state index in [-0.39, 0.29) is 13.2 Å². The SMILES string of the molecule is CCCCO[C@H](OCCO)C(O)CO. The molecule has 0 fully saturated rings. The zero-order valence-corrected chi connectivity index (χ0v) is 8.56. The third kappa shape index (κ3) is 6.28. The Labute approximate surface area is 84.3 Å². The van der Waals surface area contributed by atoms with Gasteiger partial charge in [-0.05, 0) is 6.42 Å². The van der Waals surface area contributed by atoms with Crippen LogP contribution in [0.25, 0.3) is 0 Å². The van der Waals surface area contributed by atoms with Gasteiger partial charge in [-0.25, -0.2) is 0 Å². The Morgan fingerprint density at radius 2 is 1.79 bits per heavy atom. The van der Waals surface area contributed by atoms with Crippen LogP contribution in [0, 0.1) is 0 Å². The molecule has 3 N–H and O–H groups in total. The summed E-state index contributed by atoms with van der Waals surface area (Å²) in [5.41, 5.74) is 0. The first-order valence-corrected chi connectivity index (χ1v) is 4.89. The third-order valence-corrected chi connectivity index (χ3v) is 1.65. The van der Waals surface area contributed by atoms with E-state index in [2.05, 4.69) is 0 Å². The highest BCUT2D eigenvalue weighted by Gasteiger charge is 2.19. The lowest BCUT2D eigenvalue weighted by Gasteiger charge is -2.21. The molecule has 0 aromatic heterocycles. The molecular formula is C9H20O5. The van der Waals surface area contributed by atoms with E-state index in [0.717, 1.165) is 12.8 Å². The lowest BCUT2D eigenvalue weighted by atomic mass is 10.3. The molecule has 0 radical (unpaired) electrons. The van der Waals surface area contributed by atoms with Crippen LogP contribution >= 0.6 is 0 Å². The van der Waals surface area contributed by atoms with Gasteiger partial charge in [0.05, 0.1) is 19.8 Å². The molecule has 0 aliphatic heterocycles. The molecule has 0 saturated heterocycles. The van der Waals surface area contributed by atoms with E-state index in [1.807, 2.05) is 6.92 Å². The number of aliphatic hydroxyl groups is 3. The van der Waals surface area contributed by atoms with Crippen molar-refractivity contribution < 1.29 is 24.8 Å². The van der Waals surface area contributed by atoms with Crippen LogP contribution in [0.1, 0.15) is 19.8 Å². The van der Waals surface area contributed by atoms with Gasteiger partial charge in [-0.2, -0.15) is 0 Å². The van der Waals surface area contributed by atoms with Crippen LogP contribution in [-0.2, 0) is 9.47 Å². The van der Waals surface area contributed by atoms with Crippen LogP contribution in [0.2, 0.25) is 0 Å². The number of rotatable bonds is 9. The Morgan fingerprint density at radius 1 is 1.14 bits per heavy atom. The molecule has 86 valence electrons. The first-order valence-electron chi connectivity index (χ1n) is 4.89. The van der Waals surface area contributed by atoms with Gasteiger partial charge in [0, 0.05) is 6.61 Å². The highest BCUT2D eigenvalue weighted by Crippen LogP contribution is 2.03. The van der Waals surface area contributed by atoms with Crippen LogP contribution in [0.3, 0.4) is 0 Å². The number of unbranched alkanes of at least 4 members (excludes halogenated alkanes) is 1. The van der Waals surface area contributed by atoms with E-state index in [1.165, 1.54) is 0 Å². The fourth-order valence-corrected chi connectivity index (χ4v) is 0.869. The summed E-state index contributed by atoms with van der Waals surface area (Å²) in [6, 6.07) is 0. The summed E-state index contributed by atoms with van der Waals surface area (Å²) in [7, 11) is 0. The fraction of sp³-hybridized carbons (Fsp3) is 1.00. The minimum absolute atomic E-state index is 0.0911. The van der Waals surface area contributed by atoms with Crippen molar-refractivity contribution in [3.8, 4) is 0 Å². The Balaban J connectivity index is 3.72. The van der Waals surface area contributed by atoms with Gasteiger partial charge in [-0.15, -0.1) is 0 Å². The topological polar surface area (TPSA) is 79.2 Å². The molecule has 0 spiro atoms. The smallest absolute Gasteiger partial charge is 0.185 e. The van der Waals surface area contributed by atoms with Crippen LogP contribution in [0.15, 0.2) is 0 Å². The molecule has 0 aromatic carbocycles. The largest absolute Gasteiger partial charge is 0.394 e. The van der Waals surface area contributed by atoms with Crippen LogP contribution in [0.4, 0.5) is 0 Å². The Hall–Kier alpha value is -0.200. The molecule has 0 heterocycles. The average molecular weight is 208 g/mol. The molecule has 5 heteroatoms. The van der Waals surface area contributed by atoms with Gasteiger partial charge < -0.3 is 24.8 Å². The van der Waals surface area contributed by atoms with Crippen molar-refractivity contribution in [3.63, 3.8) is 0 Å². The van der Waals surface area contributed by atoms with E-state index in [4.69, 9.17) is 19.7 Å².